The van der Waals surface area contributed by atoms with Gasteiger partial charge in [0, 0.05) is 24.7 Å². The van der Waals surface area contributed by atoms with Crippen LogP contribution in [0.15, 0.2) is 42.5 Å². The van der Waals surface area contributed by atoms with Gasteiger partial charge in [0.1, 0.15) is 0 Å². The van der Waals surface area contributed by atoms with E-state index in [0.717, 1.165) is 41.8 Å². The van der Waals surface area contributed by atoms with Crippen molar-refractivity contribution in [3.8, 4) is 11.1 Å². The van der Waals surface area contributed by atoms with Crippen LogP contribution >= 0.6 is 0 Å². The second kappa shape index (κ2) is 8.33. The number of carbonyl (C=O) groups is 2. The van der Waals surface area contributed by atoms with Crippen molar-refractivity contribution in [2.75, 3.05) is 24.7 Å². The first-order valence-corrected chi connectivity index (χ1v) is 9.07. The molecule has 0 radical (unpaired) electrons. The number of rotatable bonds is 5. The third-order valence-corrected chi connectivity index (χ3v) is 4.83. The predicted molar refractivity (Wildman–Crippen MR) is 104 cm³/mol. The van der Waals surface area contributed by atoms with E-state index in [1.54, 1.807) is 19.1 Å². The molecule has 142 valence electrons. The predicted octanol–water partition coefficient (Wildman–Crippen LogP) is 1.74. The Labute approximate surface area is 158 Å². The molecule has 3 N–H and O–H groups in total. The smallest absolute Gasteiger partial charge is 0.251 e. The van der Waals surface area contributed by atoms with Crippen LogP contribution in [0.5, 0.6) is 0 Å². The zero-order valence-corrected chi connectivity index (χ0v) is 15.3. The quantitative estimate of drug-likeness (QED) is 0.750. The summed E-state index contributed by atoms with van der Waals surface area (Å²) in [4.78, 5) is 25.8. The number of hydrogen-bond donors (Lipinski definition) is 3. The molecule has 1 heterocycles. The molecule has 1 aliphatic heterocycles. The molecule has 1 aliphatic rings. The van der Waals surface area contributed by atoms with Crippen LogP contribution in [0.25, 0.3) is 11.1 Å². The highest BCUT2D eigenvalue weighted by Crippen LogP contribution is 2.31. The zero-order chi connectivity index (χ0) is 19.4. The van der Waals surface area contributed by atoms with E-state index in [1.807, 2.05) is 29.2 Å². The number of hydrogen-bond acceptors (Lipinski definition) is 4. The van der Waals surface area contributed by atoms with Crippen LogP contribution in [0, 0.1) is 0 Å². The highest BCUT2D eigenvalue weighted by molar-refractivity contribution is 5.95. The van der Waals surface area contributed by atoms with Crippen LogP contribution in [-0.2, 0) is 11.2 Å². The number of carbonyl (C=O) groups excluding carboxylic acids is 2. The maximum atomic E-state index is 12.1. The molecule has 0 spiro atoms. The Kier molecular flexibility index (Phi) is 5.88. The first-order chi connectivity index (χ1) is 13.0. The van der Waals surface area contributed by atoms with Crippen molar-refractivity contribution >= 4 is 17.5 Å². The van der Waals surface area contributed by atoms with Gasteiger partial charge in [0.15, 0.2) is 0 Å². The Morgan fingerprint density at radius 2 is 1.74 bits per heavy atom. The van der Waals surface area contributed by atoms with Crippen molar-refractivity contribution in [1.82, 2.24) is 5.32 Å². The molecule has 6 nitrogen and oxygen atoms in total. The molecule has 27 heavy (non-hydrogen) atoms. The van der Waals surface area contributed by atoms with E-state index < -0.39 is 6.04 Å². The van der Waals surface area contributed by atoms with Crippen molar-refractivity contribution < 1.29 is 19.8 Å². The van der Waals surface area contributed by atoms with Crippen molar-refractivity contribution in [1.29, 1.82) is 0 Å². The van der Waals surface area contributed by atoms with Gasteiger partial charge in [-0.3, -0.25) is 9.59 Å². The van der Waals surface area contributed by atoms with Crippen LogP contribution in [0.1, 0.15) is 29.3 Å². The van der Waals surface area contributed by atoms with Gasteiger partial charge < -0.3 is 20.4 Å². The number of anilines is 1. The van der Waals surface area contributed by atoms with Gasteiger partial charge in [0.2, 0.25) is 5.91 Å². The van der Waals surface area contributed by atoms with Crippen LogP contribution in [0.2, 0.25) is 0 Å². The van der Waals surface area contributed by atoms with Gasteiger partial charge in [-0.15, -0.1) is 0 Å². The van der Waals surface area contributed by atoms with E-state index in [0.29, 0.717) is 5.56 Å². The maximum Gasteiger partial charge on any atom is 0.251 e. The standard InChI is InChI=1S/C21H24N2O4/c1-14(26)23-10-2-3-18-11-17(8-9-20(18)23)15-4-6-16(7-5-15)21(27)22-19(12-24)13-25/h4-9,11,19,24-25H,2-3,10,12-13H2,1H3,(H,22,27). The molecule has 2 amide bonds. The van der Waals surface area contributed by atoms with Gasteiger partial charge in [0.05, 0.1) is 19.3 Å². The monoisotopic (exact) mass is 368 g/mol. The average molecular weight is 368 g/mol. The number of nitrogens with one attached hydrogen (secondary N) is 1. The highest BCUT2D eigenvalue weighted by atomic mass is 16.3. The number of benzene rings is 2. The lowest BCUT2D eigenvalue weighted by Gasteiger charge is -2.29. The molecule has 2 aromatic carbocycles. The fraction of sp³-hybridized carbons (Fsp3) is 0.333. The van der Waals surface area contributed by atoms with E-state index >= 15 is 0 Å². The van der Waals surface area contributed by atoms with Gasteiger partial charge in [0.25, 0.3) is 5.91 Å². The second-order valence-corrected chi connectivity index (χ2v) is 6.73. The minimum atomic E-state index is -0.665. The van der Waals surface area contributed by atoms with E-state index in [9.17, 15) is 9.59 Å². The summed E-state index contributed by atoms with van der Waals surface area (Å²) in [6.07, 6.45) is 1.89. The number of aliphatic hydroxyl groups is 2. The van der Waals surface area contributed by atoms with Crippen LogP contribution in [-0.4, -0.2) is 47.8 Å². The molecule has 2 aromatic rings. The largest absolute Gasteiger partial charge is 0.394 e. The molecule has 3 rings (SSSR count). The van der Waals surface area contributed by atoms with Crippen molar-refractivity contribution in [3.63, 3.8) is 0 Å². The minimum absolute atomic E-state index is 0.0585. The summed E-state index contributed by atoms with van der Waals surface area (Å²) in [5, 5.41) is 20.7. The number of fused-ring (bicyclic) bond motifs is 1. The molecule has 0 saturated heterocycles. The summed E-state index contributed by atoms with van der Waals surface area (Å²) in [6, 6.07) is 12.6. The van der Waals surface area contributed by atoms with Gasteiger partial charge in [-0.05, 0) is 53.8 Å². The summed E-state index contributed by atoms with van der Waals surface area (Å²) >= 11 is 0. The lowest BCUT2D eigenvalue weighted by atomic mass is 9.95. The number of aryl methyl sites for hydroxylation is 1. The summed E-state index contributed by atoms with van der Waals surface area (Å²) in [6.45, 7) is 1.72. The Morgan fingerprint density at radius 1 is 1.07 bits per heavy atom. The van der Waals surface area contributed by atoms with Crippen molar-refractivity contribution in [2.45, 2.75) is 25.8 Å². The fourth-order valence-corrected chi connectivity index (χ4v) is 3.34. The number of aliphatic hydroxyl groups excluding tert-OH is 2. The third-order valence-electron chi connectivity index (χ3n) is 4.83. The summed E-state index contributed by atoms with van der Waals surface area (Å²) < 4.78 is 0. The van der Waals surface area contributed by atoms with Gasteiger partial charge in [-0.1, -0.05) is 18.2 Å². The summed E-state index contributed by atoms with van der Waals surface area (Å²) in [7, 11) is 0. The Bertz CT molecular complexity index is 829. The molecule has 6 heteroatoms. The first kappa shape index (κ1) is 19.1. The molecule has 0 saturated carbocycles. The lowest BCUT2D eigenvalue weighted by Crippen LogP contribution is -2.40. The van der Waals surface area contributed by atoms with Gasteiger partial charge >= 0.3 is 0 Å². The third kappa shape index (κ3) is 4.18. The summed E-state index contributed by atoms with van der Waals surface area (Å²) in [5.74, 6) is -0.277. The SMILES string of the molecule is CC(=O)N1CCCc2cc(-c3ccc(C(=O)NC(CO)CO)cc3)ccc21. The van der Waals surface area contributed by atoms with E-state index in [-0.39, 0.29) is 25.0 Å². The molecule has 0 atom stereocenters. The first-order valence-electron chi connectivity index (χ1n) is 9.07. The number of amides is 2. The van der Waals surface area contributed by atoms with Gasteiger partial charge in [-0.25, -0.2) is 0 Å². The molecule has 0 aromatic heterocycles. The molecule has 0 aliphatic carbocycles. The molecule has 0 bridgehead atoms. The average Bonchev–Trinajstić information content (AvgIpc) is 2.70. The topological polar surface area (TPSA) is 89.9 Å². The second-order valence-electron chi connectivity index (χ2n) is 6.73. The number of nitrogens with zero attached hydrogens (tertiary/aromatic N) is 1. The Morgan fingerprint density at radius 3 is 2.37 bits per heavy atom. The molecular weight excluding hydrogens is 344 g/mol. The Hall–Kier alpha value is -2.70. The Balaban J connectivity index is 1.80. The molecule has 0 unspecified atom stereocenters. The maximum absolute atomic E-state index is 12.1. The zero-order valence-electron chi connectivity index (χ0n) is 15.3. The lowest BCUT2D eigenvalue weighted by molar-refractivity contribution is -0.116. The summed E-state index contributed by atoms with van der Waals surface area (Å²) in [5.41, 5.74) is 4.62. The van der Waals surface area contributed by atoms with Crippen LogP contribution < -0.4 is 10.2 Å². The van der Waals surface area contributed by atoms with E-state index in [1.165, 1.54) is 0 Å². The van der Waals surface area contributed by atoms with Crippen LogP contribution in [0.4, 0.5) is 5.69 Å². The van der Waals surface area contributed by atoms with Gasteiger partial charge in [-0.2, -0.15) is 0 Å². The van der Waals surface area contributed by atoms with Crippen LogP contribution in [0.3, 0.4) is 0 Å². The van der Waals surface area contributed by atoms with Crippen molar-refractivity contribution in [2.24, 2.45) is 0 Å². The normalized spacial score (nSPS) is 13.4. The molecular formula is C21H24N2O4. The van der Waals surface area contributed by atoms with E-state index in [4.69, 9.17) is 10.2 Å². The fourth-order valence-electron chi connectivity index (χ4n) is 3.34. The van der Waals surface area contributed by atoms with Crippen molar-refractivity contribution in [3.05, 3.63) is 53.6 Å². The highest BCUT2D eigenvalue weighted by Gasteiger charge is 2.20. The molecule has 0 fully saturated rings. The van der Waals surface area contributed by atoms with E-state index in [2.05, 4.69) is 11.4 Å². The minimum Gasteiger partial charge on any atom is -0.394 e.